The van der Waals surface area contributed by atoms with Crippen molar-refractivity contribution >= 4 is 51.7 Å². The Kier molecular flexibility index (Phi) is 5.24. The maximum Gasteiger partial charge on any atom is 0.325 e. The largest absolute Gasteiger partial charge is 0.325 e. The van der Waals surface area contributed by atoms with Crippen LogP contribution in [-0.4, -0.2) is 21.1 Å². The van der Waals surface area contributed by atoms with Gasteiger partial charge in [0.05, 0.1) is 16.5 Å². The molecular weight excluding hydrogens is 316 g/mol. The molecule has 0 spiro atoms. The van der Waals surface area contributed by atoms with Crippen molar-refractivity contribution in [3.8, 4) is 12.3 Å². The molecule has 5 nitrogen and oxygen atoms in total. The molecule has 0 bridgehead atoms. The Balaban J connectivity index is 1.93. The molecule has 20 heavy (non-hydrogen) atoms. The van der Waals surface area contributed by atoms with Gasteiger partial charge in [-0.1, -0.05) is 41.4 Å². The molecule has 0 aliphatic rings. The number of para-hydroxylation sites is 1. The van der Waals surface area contributed by atoms with Gasteiger partial charge in [0.25, 0.3) is 0 Å². The van der Waals surface area contributed by atoms with E-state index in [0.29, 0.717) is 26.8 Å². The Morgan fingerprint density at radius 1 is 1.45 bits per heavy atom. The SMILES string of the molecule is C#CCSc1nsc(NC(=O)Nc2ccccc2Cl)n1. The third-order valence-electron chi connectivity index (χ3n) is 2.03. The zero-order valence-corrected chi connectivity index (χ0v) is 12.5. The lowest BCUT2D eigenvalue weighted by Crippen LogP contribution is -2.19. The quantitative estimate of drug-likeness (QED) is 0.666. The zero-order valence-electron chi connectivity index (χ0n) is 10.1. The molecule has 0 radical (unpaired) electrons. The van der Waals surface area contributed by atoms with E-state index >= 15 is 0 Å². The highest BCUT2D eigenvalue weighted by molar-refractivity contribution is 7.99. The number of terminal acetylenes is 1. The molecule has 1 aromatic carbocycles. The highest BCUT2D eigenvalue weighted by Crippen LogP contribution is 2.22. The number of nitrogens with zero attached hydrogens (tertiary/aromatic N) is 2. The summed E-state index contributed by atoms with van der Waals surface area (Å²) in [5.41, 5.74) is 0.526. The smallest absolute Gasteiger partial charge is 0.306 e. The minimum atomic E-state index is -0.428. The van der Waals surface area contributed by atoms with Gasteiger partial charge in [0.15, 0.2) is 0 Å². The summed E-state index contributed by atoms with van der Waals surface area (Å²) < 4.78 is 4.06. The number of amides is 2. The van der Waals surface area contributed by atoms with E-state index in [1.807, 2.05) is 0 Å². The van der Waals surface area contributed by atoms with Crippen LogP contribution in [0.25, 0.3) is 0 Å². The summed E-state index contributed by atoms with van der Waals surface area (Å²) in [7, 11) is 0. The lowest BCUT2D eigenvalue weighted by molar-refractivity contribution is 0.262. The van der Waals surface area contributed by atoms with Gasteiger partial charge in [0, 0.05) is 11.5 Å². The van der Waals surface area contributed by atoms with E-state index in [4.69, 9.17) is 18.0 Å². The first-order valence-corrected chi connectivity index (χ1v) is 7.55. The number of thioether (sulfide) groups is 1. The van der Waals surface area contributed by atoms with Gasteiger partial charge in [-0.3, -0.25) is 5.32 Å². The molecule has 8 heteroatoms. The van der Waals surface area contributed by atoms with Gasteiger partial charge >= 0.3 is 6.03 Å². The molecule has 1 heterocycles. The average Bonchev–Trinajstić information content (AvgIpc) is 2.86. The maximum absolute atomic E-state index is 11.8. The van der Waals surface area contributed by atoms with Gasteiger partial charge in [-0.2, -0.15) is 9.36 Å². The number of hydrogen-bond acceptors (Lipinski definition) is 5. The second-order valence-corrected chi connectivity index (χ2v) is 5.54. The van der Waals surface area contributed by atoms with Crippen LogP contribution in [0.5, 0.6) is 0 Å². The molecule has 0 atom stereocenters. The predicted molar refractivity (Wildman–Crippen MR) is 83.6 cm³/mol. The van der Waals surface area contributed by atoms with E-state index in [1.165, 1.54) is 11.8 Å². The third kappa shape index (κ3) is 4.13. The lowest BCUT2D eigenvalue weighted by atomic mass is 10.3. The Morgan fingerprint density at radius 3 is 3.00 bits per heavy atom. The number of hydrogen-bond donors (Lipinski definition) is 2. The minimum Gasteiger partial charge on any atom is -0.306 e. The molecule has 0 unspecified atom stereocenters. The summed E-state index contributed by atoms with van der Waals surface area (Å²) >= 11 is 8.36. The fraction of sp³-hybridized carbons (Fsp3) is 0.0833. The topological polar surface area (TPSA) is 66.9 Å². The number of benzene rings is 1. The fourth-order valence-electron chi connectivity index (χ4n) is 1.24. The Morgan fingerprint density at radius 2 is 2.25 bits per heavy atom. The molecular formula is C12H9ClN4OS2. The fourth-order valence-corrected chi connectivity index (χ4v) is 2.64. The average molecular weight is 325 g/mol. The van der Waals surface area contributed by atoms with Gasteiger partial charge in [0.1, 0.15) is 0 Å². The van der Waals surface area contributed by atoms with Crippen molar-refractivity contribution in [3.63, 3.8) is 0 Å². The molecule has 102 valence electrons. The van der Waals surface area contributed by atoms with Gasteiger partial charge in [-0.25, -0.2) is 4.79 Å². The lowest BCUT2D eigenvalue weighted by Gasteiger charge is -2.06. The first kappa shape index (κ1) is 14.7. The number of carbonyl (C=O) groups excluding carboxylic acids is 1. The molecule has 1 aromatic heterocycles. The van der Waals surface area contributed by atoms with Crippen molar-refractivity contribution in [1.29, 1.82) is 0 Å². The van der Waals surface area contributed by atoms with Crippen molar-refractivity contribution in [1.82, 2.24) is 9.36 Å². The van der Waals surface area contributed by atoms with E-state index in [-0.39, 0.29) is 0 Å². The number of urea groups is 1. The standard InChI is InChI=1S/C12H9ClN4OS2/c1-2-7-19-12-16-11(20-17-12)15-10(18)14-9-6-4-3-5-8(9)13/h1,3-6H,7H2,(H2,14,15,16,17,18). The molecule has 0 saturated heterocycles. The Labute approximate surface area is 129 Å². The molecule has 0 saturated carbocycles. The third-order valence-corrected chi connectivity index (χ3v) is 3.86. The molecule has 2 aromatic rings. The molecule has 2 N–H and O–H groups in total. The van der Waals surface area contributed by atoms with Crippen molar-refractivity contribution in [2.75, 3.05) is 16.4 Å². The summed E-state index contributed by atoms with van der Waals surface area (Å²) in [6.07, 6.45) is 5.15. The number of nitrogens with one attached hydrogen (secondary N) is 2. The van der Waals surface area contributed by atoms with Gasteiger partial charge in [-0.05, 0) is 12.1 Å². The van der Waals surface area contributed by atoms with Crippen LogP contribution in [-0.2, 0) is 0 Å². The van der Waals surface area contributed by atoms with Crippen LogP contribution in [0.2, 0.25) is 5.02 Å². The number of aromatic nitrogens is 2. The van der Waals surface area contributed by atoms with Crippen LogP contribution in [0, 0.1) is 12.3 Å². The van der Waals surface area contributed by atoms with E-state index in [9.17, 15) is 4.79 Å². The van der Waals surface area contributed by atoms with Crippen LogP contribution in [0.4, 0.5) is 15.6 Å². The predicted octanol–water partition coefficient (Wildman–Crippen LogP) is 3.56. The molecule has 0 fully saturated rings. The monoisotopic (exact) mass is 324 g/mol. The summed E-state index contributed by atoms with van der Waals surface area (Å²) in [5, 5.41) is 6.62. The van der Waals surface area contributed by atoms with Crippen molar-refractivity contribution < 1.29 is 4.79 Å². The van der Waals surface area contributed by atoms with Crippen molar-refractivity contribution in [2.45, 2.75) is 5.16 Å². The minimum absolute atomic E-state index is 0.397. The second-order valence-electron chi connectivity index (χ2n) is 3.43. The van der Waals surface area contributed by atoms with E-state index < -0.39 is 6.03 Å². The van der Waals surface area contributed by atoms with Crippen LogP contribution in [0.15, 0.2) is 29.4 Å². The second kappa shape index (κ2) is 7.14. The summed E-state index contributed by atoms with van der Waals surface area (Å²) in [6.45, 7) is 0. The summed E-state index contributed by atoms with van der Waals surface area (Å²) in [4.78, 5) is 15.9. The Hall–Kier alpha value is -1.75. The summed E-state index contributed by atoms with van der Waals surface area (Å²) in [6, 6.07) is 6.53. The first-order chi connectivity index (χ1) is 9.69. The molecule has 0 aliphatic heterocycles. The first-order valence-electron chi connectivity index (χ1n) is 5.41. The Bertz CT molecular complexity index is 653. The van der Waals surface area contributed by atoms with Crippen molar-refractivity contribution in [3.05, 3.63) is 29.3 Å². The highest BCUT2D eigenvalue weighted by atomic mass is 35.5. The highest BCUT2D eigenvalue weighted by Gasteiger charge is 2.09. The van der Waals surface area contributed by atoms with Crippen molar-refractivity contribution in [2.24, 2.45) is 0 Å². The van der Waals surface area contributed by atoms with E-state index in [2.05, 4.69) is 25.9 Å². The van der Waals surface area contributed by atoms with Crippen LogP contribution in [0.1, 0.15) is 0 Å². The van der Waals surface area contributed by atoms with E-state index in [0.717, 1.165) is 11.5 Å². The molecule has 0 aliphatic carbocycles. The number of carbonyl (C=O) groups is 1. The van der Waals surface area contributed by atoms with Gasteiger partial charge in [-0.15, -0.1) is 6.42 Å². The zero-order chi connectivity index (χ0) is 14.4. The summed E-state index contributed by atoms with van der Waals surface area (Å²) in [5.74, 6) is 2.97. The molecule has 2 rings (SSSR count). The maximum atomic E-state index is 11.8. The van der Waals surface area contributed by atoms with Gasteiger partial charge < -0.3 is 5.32 Å². The molecule has 2 amide bonds. The van der Waals surface area contributed by atoms with Crippen LogP contribution < -0.4 is 10.6 Å². The normalized spacial score (nSPS) is 9.80. The number of rotatable bonds is 4. The van der Waals surface area contributed by atoms with E-state index in [1.54, 1.807) is 24.3 Å². The number of anilines is 2. The van der Waals surface area contributed by atoms with Gasteiger partial charge in [0.2, 0.25) is 10.3 Å². The van der Waals surface area contributed by atoms with Crippen LogP contribution >= 0.6 is 34.9 Å². The number of halogens is 1. The van der Waals surface area contributed by atoms with Crippen LogP contribution in [0.3, 0.4) is 0 Å².